The first-order chi connectivity index (χ1) is 12.9. The van der Waals surface area contributed by atoms with Gasteiger partial charge in [-0.1, -0.05) is 17.7 Å². The molecule has 1 fully saturated rings. The van der Waals surface area contributed by atoms with Crippen molar-refractivity contribution >= 4 is 47.2 Å². The highest BCUT2D eigenvalue weighted by atomic mass is 127. The molecule has 0 atom stereocenters. The van der Waals surface area contributed by atoms with Gasteiger partial charge in [0.1, 0.15) is 0 Å². The molecule has 1 aromatic rings. The summed E-state index contributed by atoms with van der Waals surface area (Å²) in [6.07, 6.45) is -4.12. The third-order valence-corrected chi connectivity index (χ3v) is 4.65. The van der Waals surface area contributed by atoms with Gasteiger partial charge in [0.15, 0.2) is 5.96 Å². The van der Waals surface area contributed by atoms with Gasteiger partial charge in [0.25, 0.3) is 0 Å². The third-order valence-electron chi connectivity index (χ3n) is 4.41. The molecule has 1 heterocycles. The zero-order valence-electron chi connectivity index (χ0n) is 15.9. The van der Waals surface area contributed by atoms with Crippen LogP contribution in [-0.4, -0.2) is 69.9 Å². The van der Waals surface area contributed by atoms with Crippen LogP contribution in [0.15, 0.2) is 29.3 Å². The van der Waals surface area contributed by atoms with Gasteiger partial charge in [-0.3, -0.25) is 9.89 Å². The number of benzene rings is 1. The van der Waals surface area contributed by atoms with Crippen LogP contribution in [0, 0.1) is 0 Å². The number of anilines is 1. The number of hydrogen-bond donors (Lipinski definition) is 2. The van der Waals surface area contributed by atoms with Crippen LogP contribution >= 0.6 is 35.6 Å². The van der Waals surface area contributed by atoms with Crippen molar-refractivity contribution in [1.82, 2.24) is 15.5 Å². The molecule has 28 heavy (non-hydrogen) atoms. The number of piperazine rings is 1. The van der Waals surface area contributed by atoms with Crippen LogP contribution in [0.1, 0.15) is 12.8 Å². The van der Waals surface area contributed by atoms with Gasteiger partial charge in [0, 0.05) is 57.0 Å². The fourth-order valence-corrected chi connectivity index (χ4v) is 3.14. The van der Waals surface area contributed by atoms with Crippen molar-refractivity contribution < 1.29 is 13.2 Å². The molecule has 5 nitrogen and oxygen atoms in total. The van der Waals surface area contributed by atoms with Crippen LogP contribution in [0.2, 0.25) is 5.02 Å². The topological polar surface area (TPSA) is 42.9 Å². The lowest BCUT2D eigenvalue weighted by Gasteiger charge is -2.36. The van der Waals surface area contributed by atoms with Crippen LogP contribution in [0.4, 0.5) is 18.9 Å². The summed E-state index contributed by atoms with van der Waals surface area (Å²) in [5, 5.41) is 6.49. The molecule has 0 amide bonds. The maximum Gasteiger partial charge on any atom is 0.390 e. The molecule has 0 aromatic heterocycles. The van der Waals surface area contributed by atoms with Gasteiger partial charge >= 0.3 is 6.18 Å². The van der Waals surface area contributed by atoms with E-state index in [0.29, 0.717) is 12.5 Å². The molecule has 1 aliphatic heterocycles. The number of nitrogens with one attached hydrogen (secondary N) is 2. The molecule has 0 bridgehead atoms. The summed E-state index contributed by atoms with van der Waals surface area (Å²) < 4.78 is 36.5. The quantitative estimate of drug-likeness (QED) is 0.243. The highest BCUT2D eigenvalue weighted by molar-refractivity contribution is 14.0. The van der Waals surface area contributed by atoms with Crippen molar-refractivity contribution in [2.45, 2.75) is 19.0 Å². The molecule has 10 heteroatoms. The van der Waals surface area contributed by atoms with Crippen molar-refractivity contribution in [1.29, 1.82) is 0 Å². The number of nitrogens with zero attached hydrogens (tertiary/aromatic N) is 3. The van der Waals surface area contributed by atoms with E-state index in [-0.39, 0.29) is 30.5 Å². The maximum atomic E-state index is 12.2. The first-order valence-electron chi connectivity index (χ1n) is 9.11. The third kappa shape index (κ3) is 9.51. The van der Waals surface area contributed by atoms with Crippen molar-refractivity contribution in [2.75, 3.05) is 57.8 Å². The minimum atomic E-state index is -4.15. The van der Waals surface area contributed by atoms with E-state index in [9.17, 15) is 13.2 Å². The van der Waals surface area contributed by atoms with Crippen molar-refractivity contribution in [3.63, 3.8) is 0 Å². The maximum absolute atomic E-state index is 12.2. The standard InChI is InChI=1S/C18H27ClF3N5.HI/c1-23-17(25-8-6-18(20,21)22)24-7-3-9-26-10-12-27(13-11-26)16-5-2-4-15(19)14-16;/h2,4-5,14H,3,6-13H2,1H3,(H2,23,24,25);1H. The van der Waals surface area contributed by atoms with Gasteiger partial charge in [-0.25, -0.2) is 0 Å². The molecule has 1 aromatic carbocycles. The molecule has 1 aliphatic rings. The lowest BCUT2D eigenvalue weighted by atomic mass is 10.2. The highest BCUT2D eigenvalue weighted by Crippen LogP contribution is 2.20. The smallest absolute Gasteiger partial charge is 0.369 e. The Kier molecular flexibility index (Phi) is 11.3. The molecule has 2 rings (SSSR count). The van der Waals surface area contributed by atoms with Gasteiger partial charge in [-0.05, 0) is 31.2 Å². The predicted molar refractivity (Wildman–Crippen MR) is 120 cm³/mol. The van der Waals surface area contributed by atoms with Crippen molar-refractivity contribution in [3.05, 3.63) is 29.3 Å². The first kappa shape index (κ1) is 25.1. The van der Waals surface area contributed by atoms with E-state index in [0.717, 1.165) is 49.9 Å². The molecular formula is C18H28ClF3IN5. The Balaban J connectivity index is 0.00000392. The van der Waals surface area contributed by atoms with Crippen molar-refractivity contribution in [2.24, 2.45) is 4.99 Å². The van der Waals surface area contributed by atoms with E-state index in [4.69, 9.17) is 11.6 Å². The van der Waals surface area contributed by atoms with Crippen LogP contribution in [0.25, 0.3) is 0 Å². The molecule has 0 unspecified atom stereocenters. The largest absolute Gasteiger partial charge is 0.390 e. The van der Waals surface area contributed by atoms with Gasteiger partial charge in [-0.2, -0.15) is 13.2 Å². The Morgan fingerprint density at radius 2 is 1.82 bits per heavy atom. The number of rotatable bonds is 7. The van der Waals surface area contributed by atoms with Gasteiger partial charge in [-0.15, -0.1) is 24.0 Å². The highest BCUT2D eigenvalue weighted by Gasteiger charge is 2.26. The number of aliphatic imine (C=N–C) groups is 1. The number of guanidine groups is 1. The number of hydrogen-bond acceptors (Lipinski definition) is 3. The van der Waals surface area contributed by atoms with Gasteiger partial charge in [0.05, 0.1) is 6.42 Å². The summed E-state index contributed by atoms with van der Waals surface area (Å²) in [5.74, 6) is 0.407. The van der Waals surface area contributed by atoms with E-state index >= 15 is 0 Å². The van der Waals surface area contributed by atoms with Gasteiger partial charge in [0.2, 0.25) is 0 Å². The Labute approximate surface area is 186 Å². The fourth-order valence-electron chi connectivity index (χ4n) is 2.96. The molecule has 2 N–H and O–H groups in total. The molecule has 0 spiro atoms. The lowest BCUT2D eigenvalue weighted by Crippen LogP contribution is -2.47. The van der Waals surface area contributed by atoms with E-state index in [1.165, 1.54) is 0 Å². The van der Waals surface area contributed by atoms with E-state index < -0.39 is 12.6 Å². The number of halogens is 5. The minimum absolute atomic E-state index is 0. The lowest BCUT2D eigenvalue weighted by molar-refractivity contribution is -0.132. The summed E-state index contributed by atoms with van der Waals surface area (Å²) >= 11 is 6.05. The molecule has 1 saturated heterocycles. The number of alkyl halides is 3. The Morgan fingerprint density at radius 1 is 1.14 bits per heavy atom. The summed E-state index contributed by atoms with van der Waals surface area (Å²) in [7, 11) is 1.55. The minimum Gasteiger partial charge on any atom is -0.369 e. The fraction of sp³-hybridized carbons (Fsp3) is 0.611. The average Bonchev–Trinajstić information content (AvgIpc) is 2.63. The second-order valence-corrected chi connectivity index (χ2v) is 6.89. The predicted octanol–water partition coefficient (Wildman–Crippen LogP) is 3.59. The van der Waals surface area contributed by atoms with E-state index in [1.807, 2.05) is 18.2 Å². The Bertz CT molecular complexity index is 607. The molecule has 0 aliphatic carbocycles. The second kappa shape index (κ2) is 12.6. The van der Waals surface area contributed by atoms with Crippen LogP contribution < -0.4 is 15.5 Å². The van der Waals surface area contributed by atoms with Crippen LogP contribution in [-0.2, 0) is 0 Å². The summed E-state index contributed by atoms with van der Waals surface area (Å²) in [6, 6.07) is 7.90. The van der Waals surface area contributed by atoms with Crippen LogP contribution in [0.5, 0.6) is 0 Å². The Hall–Kier alpha value is -0.940. The summed E-state index contributed by atoms with van der Waals surface area (Å²) in [6.45, 7) is 5.30. The van der Waals surface area contributed by atoms with E-state index in [1.54, 1.807) is 7.05 Å². The molecule has 0 radical (unpaired) electrons. The van der Waals surface area contributed by atoms with Crippen molar-refractivity contribution in [3.8, 4) is 0 Å². The zero-order valence-corrected chi connectivity index (χ0v) is 19.0. The normalized spacial score (nSPS) is 15.9. The van der Waals surface area contributed by atoms with Gasteiger partial charge < -0.3 is 15.5 Å². The van der Waals surface area contributed by atoms with E-state index in [2.05, 4.69) is 31.5 Å². The average molecular weight is 534 g/mol. The molecule has 160 valence electrons. The van der Waals surface area contributed by atoms with Crippen LogP contribution in [0.3, 0.4) is 0 Å². The summed E-state index contributed by atoms with van der Waals surface area (Å²) in [4.78, 5) is 8.66. The monoisotopic (exact) mass is 533 g/mol. The molecular weight excluding hydrogens is 506 g/mol. The zero-order chi connectivity index (χ0) is 19.7. The second-order valence-electron chi connectivity index (χ2n) is 6.45. The summed E-state index contributed by atoms with van der Waals surface area (Å²) in [5.41, 5.74) is 1.15. The Morgan fingerprint density at radius 3 is 2.43 bits per heavy atom. The molecule has 0 saturated carbocycles. The SMILES string of the molecule is CN=C(NCCCN1CCN(c2cccc(Cl)c2)CC1)NCCC(F)(F)F.I. The first-order valence-corrected chi connectivity index (χ1v) is 9.49.